The summed E-state index contributed by atoms with van der Waals surface area (Å²) in [6.45, 7) is 10.1. The molecule has 142 valence electrons. The van der Waals surface area contributed by atoms with Crippen molar-refractivity contribution in [3.63, 3.8) is 0 Å². The number of piperidine rings is 1. The molecule has 1 amide bonds. The highest BCUT2D eigenvalue weighted by atomic mass is 16.5. The van der Waals surface area contributed by atoms with Gasteiger partial charge in [-0.3, -0.25) is 9.69 Å². The lowest BCUT2D eigenvalue weighted by molar-refractivity contribution is -0.136. The molecular weight excluding hydrogens is 326 g/mol. The number of likely N-dealkylation sites (tertiary alicyclic amines) is 1. The third-order valence-corrected chi connectivity index (χ3v) is 6.30. The Kier molecular flexibility index (Phi) is 5.18. The maximum atomic E-state index is 12.8. The van der Waals surface area contributed by atoms with Gasteiger partial charge in [-0.2, -0.15) is 0 Å². The SMILES string of the molecule is Cc1cccc(N2CCN(CC(=O)N3CCCC4(CCOC4)C3)CC2)c1. The Bertz CT molecular complexity index is 634. The van der Waals surface area contributed by atoms with Crippen LogP contribution in [0.5, 0.6) is 0 Å². The molecule has 4 rings (SSSR count). The molecule has 3 saturated heterocycles. The van der Waals surface area contributed by atoms with Crippen molar-refractivity contribution in [2.24, 2.45) is 5.41 Å². The van der Waals surface area contributed by atoms with Crippen LogP contribution >= 0.6 is 0 Å². The zero-order valence-electron chi connectivity index (χ0n) is 16.0. The Morgan fingerprint density at radius 2 is 2.00 bits per heavy atom. The standard InChI is InChI=1S/C21H31N3O2/c1-18-4-2-5-19(14-18)23-11-9-22(10-12-23)15-20(25)24-8-3-6-21(16-24)7-13-26-17-21/h2,4-5,14H,3,6-13,15-17H2,1H3. The summed E-state index contributed by atoms with van der Waals surface area (Å²) in [5, 5.41) is 0. The number of anilines is 1. The van der Waals surface area contributed by atoms with Gasteiger partial charge in [0, 0.05) is 57.0 Å². The molecule has 26 heavy (non-hydrogen) atoms. The molecule has 3 fully saturated rings. The second kappa shape index (κ2) is 7.57. The molecule has 3 aliphatic rings. The number of hydrogen-bond acceptors (Lipinski definition) is 4. The van der Waals surface area contributed by atoms with Crippen molar-refractivity contribution >= 4 is 11.6 Å². The van der Waals surface area contributed by atoms with Gasteiger partial charge in [0.2, 0.25) is 5.91 Å². The quantitative estimate of drug-likeness (QED) is 0.830. The van der Waals surface area contributed by atoms with E-state index in [9.17, 15) is 4.79 Å². The van der Waals surface area contributed by atoms with Crippen LogP contribution in [0.2, 0.25) is 0 Å². The summed E-state index contributed by atoms with van der Waals surface area (Å²) in [5.74, 6) is 0.306. The van der Waals surface area contributed by atoms with Gasteiger partial charge >= 0.3 is 0 Å². The maximum Gasteiger partial charge on any atom is 0.236 e. The molecule has 5 nitrogen and oxygen atoms in total. The van der Waals surface area contributed by atoms with Crippen molar-refractivity contribution in [1.29, 1.82) is 0 Å². The highest BCUT2D eigenvalue weighted by molar-refractivity contribution is 5.78. The molecule has 1 aromatic rings. The van der Waals surface area contributed by atoms with Crippen molar-refractivity contribution in [2.45, 2.75) is 26.2 Å². The second-order valence-electron chi connectivity index (χ2n) is 8.32. The minimum absolute atomic E-state index is 0.248. The molecule has 0 N–H and O–H groups in total. The number of carbonyl (C=O) groups is 1. The summed E-state index contributed by atoms with van der Waals surface area (Å²) >= 11 is 0. The van der Waals surface area contributed by atoms with Gasteiger partial charge in [0.25, 0.3) is 0 Å². The highest BCUT2D eigenvalue weighted by Gasteiger charge is 2.40. The van der Waals surface area contributed by atoms with Gasteiger partial charge < -0.3 is 14.5 Å². The van der Waals surface area contributed by atoms with Gasteiger partial charge in [-0.25, -0.2) is 0 Å². The van der Waals surface area contributed by atoms with Crippen molar-refractivity contribution < 1.29 is 9.53 Å². The van der Waals surface area contributed by atoms with E-state index in [1.807, 2.05) is 0 Å². The number of rotatable bonds is 3. The van der Waals surface area contributed by atoms with E-state index < -0.39 is 0 Å². The van der Waals surface area contributed by atoms with Gasteiger partial charge in [0.15, 0.2) is 0 Å². The van der Waals surface area contributed by atoms with E-state index in [-0.39, 0.29) is 5.41 Å². The molecule has 0 radical (unpaired) electrons. The van der Waals surface area contributed by atoms with Crippen LogP contribution < -0.4 is 4.90 Å². The largest absolute Gasteiger partial charge is 0.381 e. The van der Waals surface area contributed by atoms with E-state index >= 15 is 0 Å². The molecule has 1 atom stereocenters. The first-order valence-electron chi connectivity index (χ1n) is 10.0. The van der Waals surface area contributed by atoms with Crippen LogP contribution in [0.1, 0.15) is 24.8 Å². The summed E-state index contributed by atoms with van der Waals surface area (Å²) in [6, 6.07) is 8.70. The van der Waals surface area contributed by atoms with Crippen molar-refractivity contribution in [3.8, 4) is 0 Å². The number of amides is 1. The minimum atomic E-state index is 0.248. The summed E-state index contributed by atoms with van der Waals surface area (Å²) in [6.07, 6.45) is 3.45. The van der Waals surface area contributed by atoms with E-state index in [2.05, 4.69) is 45.9 Å². The topological polar surface area (TPSA) is 36.0 Å². The van der Waals surface area contributed by atoms with Gasteiger partial charge in [0.05, 0.1) is 13.2 Å². The third kappa shape index (κ3) is 3.89. The van der Waals surface area contributed by atoms with Gasteiger partial charge in [-0.05, 0) is 43.9 Å². The van der Waals surface area contributed by atoms with Crippen LogP contribution in [0.25, 0.3) is 0 Å². The predicted octanol–water partition coefficient (Wildman–Crippen LogP) is 2.15. The van der Waals surface area contributed by atoms with E-state index in [0.717, 1.165) is 65.3 Å². The van der Waals surface area contributed by atoms with Crippen LogP contribution in [-0.2, 0) is 9.53 Å². The molecule has 0 aliphatic carbocycles. The Morgan fingerprint density at radius 1 is 1.15 bits per heavy atom. The monoisotopic (exact) mass is 357 g/mol. The van der Waals surface area contributed by atoms with Crippen LogP contribution in [0, 0.1) is 12.3 Å². The number of ether oxygens (including phenoxy) is 1. The normalized spacial score (nSPS) is 27.3. The average molecular weight is 357 g/mol. The summed E-state index contributed by atoms with van der Waals surface area (Å²) in [7, 11) is 0. The molecule has 3 aliphatic heterocycles. The first-order chi connectivity index (χ1) is 12.6. The number of benzene rings is 1. The fourth-order valence-electron chi connectivity index (χ4n) is 4.67. The fourth-order valence-corrected chi connectivity index (χ4v) is 4.67. The van der Waals surface area contributed by atoms with Gasteiger partial charge in [0.1, 0.15) is 0 Å². The van der Waals surface area contributed by atoms with E-state index in [1.165, 1.54) is 17.7 Å². The Labute approximate surface area is 156 Å². The first kappa shape index (κ1) is 17.8. The molecule has 5 heteroatoms. The molecular formula is C21H31N3O2. The molecule has 0 bridgehead atoms. The molecule has 3 heterocycles. The Balaban J connectivity index is 1.28. The minimum Gasteiger partial charge on any atom is -0.381 e. The fraction of sp³-hybridized carbons (Fsp3) is 0.667. The number of carbonyl (C=O) groups excluding carboxylic acids is 1. The van der Waals surface area contributed by atoms with Crippen molar-refractivity contribution in [3.05, 3.63) is 29.8 Å². The molecule has 0 aromatic heterocycles. The number of piperazine rings is 1. The zero-order valence-corrected chi connectivity index (χ0v) is 16.0. The Hall–Kier alpha value is -1.59. The van der Waals surface area contributed by atoms with Crippen molar-refractivity contribution in [2.75, 3.05) is 63.9 Å². The smallest absolute Gasteiger partial charge is 0.236 e. The highest BCUT2D eigenvalue weighted by Crippen LogP contribution is 2.37. The lowest BCUT2D eigenvalue weighted by Crippen LogP contribution is -2.53. The van der Waals surface area contributed by atoms with Crippen LogP contribution in [-0.4, -0.2) is 74.7 Å². The molecule has 1 aromatic carbocycles. The van der Waals surface area contributed by atoms with Crippen LogP contribution in [0.4, 0.5) is 5.69 Å². The van der Waals surface area contributed by atoms with E-state index in [1.54, 1.807) is 0 Å². The molecule has 0 saturated carbocycles. The van der Waals surface area contributed by atoms with E-state index in [0.29, 0.717) is 12.5 Å². The maximum absolute atomic E-state index is 12.8. The Morgan fingerprint density at radius 3 is 2.73 bits per heavy atom. The van der Waals surface area contributed by atoms with Gasteiger partial charge in [-0.1, -0.05) is 12.1 Å². The average Bonchev–Trinajstić information content (AvgIpc) is 3.10. The summed E-state index contributed by atoms with van der Waals surface area (Å²) in [4.78, 5) is 19.7. The number of aryl methyl sites for hydroxylation is 1. The lowest BCUT2D eigenvalue weighted by Gasteiger charge is -2.41. The summed E-state index contributed by atoms with van der Waals surface area (Å²) < 4.78 is 5.62. The predicted molar refractivity (Wildman–Crippen MR) is 104 cm³/mol. The van der Waals surface area contributed by atoms with Crippen LogP contribution in [0.3, 0.4) is 0 Å². The number of hydrogen-bond donors (Lipinski definition) is 0. The van der Waals surface area contributed by atoms with Crippen molar-refractivity contribution in [1.82, 2.24) is 9.80 Å². The number of nitrogens with zero attached hydrogens (tertiary/aromatic N) is 3. The third-order valence-electron chi connectivity index (χ3n) is 6.30. The second-order valence-corrected chi connectivity index (χ2v) is 8.32. The van der Waals surface area contributed by atoms with Gasteiger partial charge in [-0.15, -0.1) is 0 Å². The lowest BCUT2D eigenvalue weighted by atomic mass is 9.79. The molecule has 1 unspecified atom stereocenters. The summed E-state index contributed by atoms with van der Waals surface area (Å²) in [5.41, 5.74) is 2.85. The molecule has 1 spiro atoms. The first-order valence-corrected chi connectivity index (χ1v) is 10.0. The zero-order chi connectivity index (χ0) is 18.0. The van der Waals surface area contributed by atoms with Crippen LogP contribution in [0.15, 0.2) is 24.3 Å². The van der Waals surface area contributed by atoms with E-state index in [4.69, 9.17) is 4.74 Å².